The molecule has 0 radical (unpaired) electrons. The van der Waals surface area contributed by atoms with Gasteiger partial charge in [0.2, 0.25) is 0 Å². The molecule has 0 N–H and O–H groups in total. The first-order valence-corrected chi connectivity index (χ1v) is 10.5. The number of thiazole rings is 1. The van der Waals surface area contributed by atoms with E-state index < -0.39 is 4.92 Å². The number of halogens is 1. The van der Waals surface area contributed by atoms with Crippen LogP contribution in [0.4, 0.5) is 11.4 Å². The van der Waals surface area contributed by atoms with Crippen molar-refractivity contribution < 1.29 is 4.92 Å². The maximum atomic E-state index is 11.0. The standard InChI is InChI=1S/C22H17ClN4O2S/c23-18-7-3-16(4-8-18)11-13-26-21(17-5-9-20(10-6-17)27(28)29)15-30-22(26)25-19-2-1-12-24-14-19/h1-10,12,14-15H,11,13H2. The van der Waals surface area contributed by atoms with Crippen molar-refractivity contribution >= 4 is 34.3 Å². The van der Waals surface area contributed by atoms with Crippen LogP contribution in [-0.2, 0) is 13.0 Å². The van der Waals surface area contributed by atoms with Gasteiger partial charge in [-0.25, -0.2) is 4.99 Å². The van der Waals surface area contributed by atoms with Gasteiger partial charge in [0.15, 0.2) is 4.80 Å². The van der Waals surface area contributed by atoms with Crippen molar-refractivity contribution in [3.63, 3.8) is 0 Å². The summed E-state index contributed by atoms with van der Waals surface area (Å²) in [4.78, 5) is 20.3. The van der Waals surface area contributed by atoms with Crippen LogP contribution in [0.25, 0.3) is 11.3 Å². The lowest BCUT2D eigenvalue weighted by Crippen LogP contribution is -2.17. The number of hydrogen-bond acceptors (Lipinski definition) is 5. The zero-order valence-corrected chi connectivity index (χ0v) is 17.4. The smallest absolute Gasteiger partial charge is 0.269 e. The van der Waals surface area contributed by atoms with Crippen molar-refractivity contribution in [1.29, 1.82) is 0 Å². The Labute approximate surface area is 181 Å². The fourth-order valence-corrected chi connectivity index (χ4v) is 4.12. The molecule has 4 aromatic rings. The average molecular weight is 437 g/mol. The van der Waals surface area contributed by atoms with Crippen LogP contribution in [0.3, 0.4) is 0 Å². The number of aromatic nitrogens is 2. The molecule has 0 bridgehead atoms. The molecular formula is C22H17ClN4O2S. The van der Waals surface area contributed by atoms with Crippen molar-refractivity contribution in [2.24, 2.45) is 4.99 Å². The lowest BCUT2D eigenvalue weighted by atomic mass is 10.1. The van der Waals surface area contributed by atoms with E-state index in [-0.39, 0.29) is 5.69 Å². The predicted molar refractivity (Wildman–Crippen MR) is 119 cm³/mol. The van der Waals surface area contributed by atoms with Gasteiger partial charge in [0, 0.05) is 35.3 Å². The summed E-state index contributed by atoms with van der Waals surface area (Å²) in [7, 11) is 0. The molecule has 4 rings (SSSR count). The monoisotopic (exact) mass is 436 g/mol. The Bertz CT molecular complexity index is 1220. The molecule has 30 heavy (non-hydrogen) atoms. The zero-order chi connectivity index (χ0) is 20.9. The molecule has 0 saturated heterocycles. The molecule has 0 aliphatic carbocycles. The van der Waals surface area contributed by atoms with Gasteiger partial charge in [-0.3, -0.25) is 15.1 Å². The largest absolute Gasteiger partial charge is 0.316 e. The SMILES string of the molecule is O=[N+]([O-])c1ccc(-c2csc(=Nc3cccnc3)n2CCc2ccc(Cl)cc2)cc1. The molecule has 0 aliphatic rings. The molecule has 0 saturated carbocycles. The van der Waals surface area contributed by atoms with E-state index in [1.165, 1.54) is 29.0 Å². The van der Waals surface area contributed by atoms with Gasteiger partial charge in [0.05, 0.1) is 22.5 Å². The average Bonchev–Trinajstić information content (AvgIpc) is 3.16. The zero-order valence-electron chi connectivity index (χ0n) is 15.8. The van der Waals surface area contributed by atoms with Gasteiger partial charge < -0.3 is 4.57 Å². The van der Waals surface area contributed by atoms with Gasteiger partial charge in [0.1, 0.15) is 0 Å². The van der Waals surface area contributed by atoms with Crippen molar-refractivity contribution in [2.45, 2.75) is 13.0 Å². The summed E-state index contributed by atoms with van der Waals surface area (Å²) in [5.41, 5.74) is 3.88. The second-order valence-electron chi connectivity index (χ2n) is 6.56. The van der Waals surface area contributed by atoms with E-state index in [4.69, 9.17) is 16.6 Å². The van der Waals surface area contributed by atoms with Crippen molar-refractivity contribution in [3.05, 3.63) is 104 Å². The minimum atomic E-state index is -0.394. The highest BCUT2D eigenvalue weighted by molar-refractivity contribution is 7.07. The lowest BCUT2D eigenvalue weighted by Gasteiger charge is -2.10. The molecule has 0 atom stereocenters. The fourth-order valence-electron chi connectivity index (χ4n) is 3.04. The summed E-state index contributed by atoms with van der Waals surface area (Å²) >= 11 is 7.52. The van der Waals surface area contributed by atoms with Gasteiger partial charge in [-0.15, -0.1) is 11.3 Å². The number of rotatable bonds is 6. The molecule has 0 fully saturated rings. The Kier molecular flexibility index (Phi) is 6.02. The molecule has 0 aliphatic heterocycles. The van der Waals surface area contributed by atoms with Crippen LogP contribution in [0.1, 0.15) is 5.56 Å². The quantitative estimate of drug-likeness (QED) is 0.289. The number of pyridine rings is 1. The Morgan fingerprint density at radius 3 is 2.53 bits per heavy atom. The third-order valence-corrected chi connectivity index (χ3v) is 5.70. The number of nitro groups is 1. The van der Waals surface area contributed by atoms with Crippen LogP contribution in [-0.4, -0.2) is 14.5 Å². The van der Waals surface area contributed by atoms with Gasteiger partial charge >= 0.3 is 0 Å². The van der Waals surface area contributed by atoms with E-state index in [1.807, 2.05) is 41.8 Å². The number of aryl methyl sites for hydroxylation is 1. The first-order valence-electron chi connectivity index (χ1n) is 9.22. The molecule has 2 heterocycles. The van der Waals surface area contributed by atoms with Crippen LogP contribution in [0, 0.1) is 10.1 Å². The molecule has 0 amide bonds. The Morgan fingerprint density at radius 2 is 1.87 bits per heavy atom. The molecule has 150 valence electrons. The number of nitrogens with zero attached hydrogens (tertiary/aromatic N) is 4. The first-order chi connectivity index (χ1) is 14.6. The van der Waals surface area contributed by atoms with Crippen LogP contribution >= 0.6 is 22.9 Å². The van der Waals surface area contributed by atoms with Crippen molar-refractivity contribution in [1.82, 2.24) is 9.55 Å². The van der Waals surface area contributed by atoms with Crippen molar-refractivity contribution in [2.75, 3.05) is 0 Å². The molecular weight excluding hydrogens is 420 g/mol. The second-order valence-corrected chi connectivity index (χ2v) is 7.83. The normalized spacial score (nSPS) is 11.6. The number of benzene rings is 2. The van der Waals surface area contributed by atoms with Gasteiger partial charge in [-0.1, -0.05) is 23.7 Å². The van der Waals surface area contributed by atoms with Gasteiger partial charge in [-0.05, 0) is 53.9 Å². The van der Waals surface area contributed by atoms with Crippen LogP contribution in [0.5, 0.6) is 0 Å². The third kappa shape index (κ3) is 4.64. The molecule has 8 heteroatoms. The molecule has 2 aromatic carbocycles. The summed E-state index contributed by atoms with van der Waals surface area (Å²) in [5.74, 6) is 0. The first kappa shape index (κ1) is 20.0. The van der Waals surface area contributed by atoms with Crippen LogP contribution in [0.15, 0.2) is 83.4 Å². The molecule has 2 aromatic heterocycles. The number of nitro benzene ring substituents is 1. The third-order valence-electron chi connectivity index (χ3n) is 4.58. The maximum Gasteiger partial charge on any atom is 0.269 e. The van der Waals surface area contributed by atoms with E-state index in [1.54, 1.807) is 24.5 Å². The summed E-state index contributed by atoms with van der Waals surface area (Å²) < 4.78 is 2.13. The van der Waals surface area contributed by atoms with E-state index in [0.717, 1.165) is 28.2 Å². The van der Waals surface area contributed by atoms with Crippen LogP contribution < -0.4 is 4.80 Å². The molecule has 6 nitrogen and oxygen atoms in total. The second kappa shape index (κ2) is 9.02. The highest BCUT2D eigenvalue weighted by Gasteiger charge is 2.11. The van der Waals surface area contributed by atoms with Gasteiger partial charge in [-0.2, -0.15) is 0 Å². The molecule has 0 spiro atoms. The summed E-state index contributed by atoms with van der Waals surface area (Å²) in [6.45, 7) is 0.705. The van der Waals surface area contributed by atoms with E-state index in [9.17, 15) is 10.1 Å². The highest BCUT2D eigenvalue weighted by Crippen LogP contribution is 2.24. The highest BCUT2D eigenvalue weighted by atomic mass is 35.5. The van der Waals surface area contributed by atoms with Crippen molar-refractivity contribution in [3.8, 4) is 11.3 Å². The topological polar surface area (TPSA) is 73.3 Å². The minimum Gasteiger partial charge on any atom is -0.316 e. The molecule has 0 unspecified atom stereocenters. The number of hydrogen-bond donors (Lipinski definition) is 0. The van der Waals surface area contributed by atoms with E-state index in [2.05, 4.69) is 9.55 Å². The summed E-state index contributed by atoms with van der Waals surface area (Å²) in [5, 5.41) is 13.7. The Balaban J connectivity index is 1.73. The van der Waals surface area contributed by atoms with E-state index >= 15 is 0 Å². The fraction of sp³-hybridized carbons (Fsp3) is 0.0909. The van der Waals surface area contributed by atoms with Gasteiger partial charge in [0.25, 0.3) is 5.69 Å². The number of non-ortho nitro benzene ring substituents is 1. The maximum absolute atomic E-state index is 11.0. The summed E-state index contributed by atoms with van der Waals surface area (Å²) in [6, 6.07) is 18.1. The van der Waals surface area contributed by atoms with Crippen LogP contribution in [0.2, 0.25) is 5.02 Å². The van der Waals surface area contributed by atoms with E-state index in [0.29, 0.717) is 11.6 Å². The Morgan fingerprint density at radius 1 is 1.10 bits per heavy atom. The lowest BCUT2D eigenvalue weighted by molar-refractivity contribution is -0.384. The summed E-state index contributed by atoms with van der Waals surface area (Å²) in [6.07, 6.45) is 4.23. The predicted octanol–water partition coefficient (Wildman–Crippen LogP) is 5.65. The Hall–Kier alpha value is -3.29. The minimum absolute atomic E-state index is 0.0713.